The number of anilines is 1. The summed E-state index contributed by atoms with van der Waals surface area (Å²) in [4.78, 5) is 12.1. The van der Waals surface area contributed by atoms with Crippen LogP contribution in [0.4, 0.5) is 5.69 Å². The molecular formula is C16H16ClNO3. The molecule has 2 aromatic carbocycles. The minimum Gasteiger partial charge on any atom is -0.497 e. The fourth-order valence-corrected chi connectivity index (χ4v) is 2.12. The van der Waals surface area contributed by atoms with Gasteiger partial charge in [-0.05, 0) is 36.8 Å². The number of esters is 1. The van der Waals surface area contributed by atoms with E-state index in [1.807, 2.05) is 25.1 Å². The summed E-state index contributed by atoms with van der Waals surface area (Å²) in [5.74, 6) is 0.0348. The van der Waals surface area contributed by atoms with Crippen molar-refractivity contribution in [3.63, 3.8) is 0 Å². The van der Waals surface area contributed by atoms with Crippen molar-refractivity contribution in [1.29, 1.82) is 0 Å². The molecule has 2 N–H and O–H groups in total. The summed E-state index contributed by atoms with van der Waals surface area (Å²) >= 11 is 6.10. The fraction of sp³-hybridized carbons (Fsp3) is 0.188. The van der Waals surface area contributed by atoms with Crippen LogP contribution in [0.1, 0.15) is 21.5 Å². The van der Waals surface area contributed by atoms with Crippen LogP contribution in [0, 0.1) is 6.92 Å². The van der Waals surface area contributed by atoms with E-state index in [0.717, 1.165) is 11.1 Å². The number of methoxy groups -OCH3 is 1. The van der Waals surface area contributed by atoms with E-state index in [-0.39, 0.29) is 12.2 Å². The summed E-state index contributed by atoms with van der Waals surface area (Å²) in [5.41, 5.74) is 8.20. The van der Waals surface area contributed by atoms with Crippen LogP contribution >= 0.6 is 11.6 Å². The Kier molecular flexibility index (Phi) is 4.70. The van der Waals surface area contributed by atoms with E-state index in [4.69, 9.17) is 26.8 Å². The van der Waals surface area contributed by atoms with Gasteiger partial charge in [-0.15, -0.1) is 0 Å². The molecule has 0 heterocycles. The average Bonchev–Trinajstić information content (AvgIpc) is 2.46. The van der Waals surface area contributed by atoms with Gasteiger partial charge in [0.15, 0.2) is 0 Å². The lowest BCUT2D eigenvalue weighted by atomic mass is 10.1. The van der Waals surface area contributed by atoms with Crippen LogP contribution in [-0.4, -0.2) is 13.1 Å². The van der Waals surface area contributed by atoms with E-state index < -0.39 is 5.97 Å². The fourth-order valence-electron chi connectivity index (χ4n) is 1.83. The average molecular weight is 306 g/mol. The highest BCUT2D eigenvalue weighted by atomic mass is 35.5. The Hall–Kier alpha value is -2.20. The van der Waals surface area contributed by atoms with Crippen LogP contribution in [0.2, 0.25) is 5.02 Å². The molecule has 0 saturated heterocycles. The zero-order valence-corrected chi connectivity index (χ0v) is 12.6. The first-order valence-corrected chi connectivity index (χ1v) is 6.74. The Morgan fingerprint density at radius 3 is 2.67 bits per heavy atom. The topological polar surface area (TPSA) is 61.5 Å². The van der Waals surface area contributed by atoms with Crippen molar-refractivity contribution in [3.05, 3.63) is 58.1 Å². The molecule has 2 rings (SSSR count). The first-order chi connectivity index (χ1) is 10.0. The van der Waals surface area contributed by atoms with Crippen LogP contribution in [0.15, 0.2) is 36.4 Å². The molecule has 5 heteroatoms. The molecule has 0 amide bonds. The zero-order valence-electron chi connectivity index (χ0n) is 11.9. The van der Waals surface area contributed by atoms with Crippen molar-refractivity contribution in [2.45, 2.75) is 13.5 Å². The van der Waals surface area contributed by atoms with Gasteiger partial charge in [0.2, 0.25) is 0 Å². The molecule has 110 valence electrons. The Morgan fingerprint density at radius 1 is 1.24 bits per heavy atom. The number of ether oxygens (including phenoxy) is 2. The number of carbonyl (C=O) groups excluding carboxylic acids is 1. The van der Waals surface area contributed by atoms with Crippen LogP contribution in [0.25, 0.3) is 0 Å². The molecule has 0 aliphatic carbocycles. The van der Waals surface area contributed by atoms with Gasteiger partial charge in [0.1, 0.15) is 12.4 Å². The van der Waals surface area contributed by atoms with Gasteiger partial charge in [0.05, 0.1) is 12.7 Å². The number of rotatable bonds is 4. The van der Waals surface area contributed by atoms with Gasteiger partial charge in [-0.3, -0.25) is 0 Å². The Labute approximate surface area is 128 Å². The third-order valence-electron chi connectivity index (χ3n) is 3.05. The van der Waals surface area contributed by atoms with E-state index in [0.29, 0.717) is 16.5 Å². The predicted molar refractivity (Wildman–Crippen MR) is 82.7 cm³/mol. The molecule has 4 nitrogen and oxygen atoms in total. The van der Waals surface area contributed by atoms with Crippen LogP contribution in [0.5, 0.6) is 5.75 Å². The van der Waals surface area contributed by atoms with E-state index in [1.54, 1.807) is 18.2 Å². The third kappa shape index (κ3) is 3.67. The lowest BCUT2D eigenvalue weighted by molar-refractivity contribution is 0.0474. The molecule has 0 spiro atoms. The number of nitrogen functional groups attached to an aromatic ring is 1. The van der Waals surface area contributed by atoms with Gasteiger partial charge >= 0.3 is 5.97 Å². The lowest BCUT2D eigenvalue weighted by Crippen LogP contribution is -2.08. The molecule has 0 aliphatic heterocycles. The van der Waals surface area contributed by atoms with E-state index in [9.17, 15) is 4.79 Å². The smallest absolute Gasteiger partial charge is 0.340 e. The van der Waals surface area contributed by atoms with Crippen LogP contribution < -0.4 is 10.5 Å². The predicted octanol–water partition coefficient (Wildman–Crippen LogP) is 3.60. The quantitative estimate of drug-likeness (QED) is 0.692. The standard InChI is InChI=1S/C16H16ClNO3/c1-10-3-4-11(14(17)7-10)9-21-16(19)13-8-12(20-2)5-6-15(13)18/h3-8H,9,18H2,1-2H3. The first-order valence-electron chi connectivity index (χ1n) is 6.37. The van der Waals surface area contributed by atoms with Crippen molar-refractivity contribution in [2.24, 2.45) is 0 Å². The third-order valence-corrected chi connectivity index (χ3v) is 3.40. The second-order valence-corrected chi connectivity index (χ2v) is 5.03. The number of benzene rings is 2. The summed E-state index contributed by atoms with van der Waals surface area (Å²) in [6.45, 7) is 2.03. The lowest BCUT2D eigenvalue weighted by Gasteiger charge is -2.10. The van der Waals surface area contributed by atoms with E-state index in [2.05, 4.69) is 0 Å². The summed E-state index contributed by atoms with van der Waals surface area (Å²) in [6.07, 6.45) is 0. The highest BCUT2D eigenvalue weighted by molar-refractivity contribution is 6.31. The molecule has 0 radical (unpaired) electrons. The molecule has 0 fully saturated rings. The minimum atomic E-state index is -0.511. The number of aryl methyl sites for hydroxylation is 1. The minimum absolute atomic E-state index is 0.0919. The second-order valence-electron chi connectivity index (χ2n) is 4.62. The normalized spacial score (nSPS) is 10.2. The van der Waals surface area contributed by atoms with Crippen LogP contribution in [0.3, 0.4) is 0 Å². The summed E-state index contributed by atoms with van der Waals surface area (Å²) in [5, 5.41) is 0.571. The largest absolute Gasteiger partial charge is 0.497 e. The molecule has 0 aliphatic rings. The maximum Gasteiger partial charge on any atom is 0.340 e. The van der Waals surface area contributed by atoms with Crippen molar-refractivity contribution >= 4 is 23.3 Å². The molecular weight excluding hydrogens is 290 g/mol. The van der Waals surface area contributed by atoms with Gasteiger partial charge in [0, 0.05) is 16.3 Å². The van der Waals surface area contributed by atoms with E-state index in [1.165, 1.54) is 7.11 Å². The molecule has 0 bridgehead atoms. The zero-order chi connectivity index (χ0) is 15.4. The summed E-state index contributed by atoms with van der Waals surface area (Å²) in [7, 11) is 1.52. The first kappa shape index (κ1) is 15.2. The Bertz CT molecular complexity index is 671. The van der Waals surface area contributed by atoms with Crippen molar-refractivity contribution < 1.29 is 14.3 Å². The van der Waals surface area contributed by atoms with Gasteiger partial charge in [-0.2, -0.15) is 0 Å². The summed E-state index contributed by atoms with van der Waals surface area (Å²) < 4.78 is 10.3. The maximum absolute atomic E-state index is 12.1. The number of carbonyl (C=O) groups is 1. The number of nitrogens with two attached hydrogens (primary N) is 1. The van der Waals surface area contributed by atoms with Crippen molar-refractivity contribution in [2.75, 3.05) is 12.8 Å². The van der Waals surface area contributed by atoms with Crippen molar-refractivity contribution in [3.8, 4) is 5.75 Å². The van der Waals surface area contributed by atoms with E-state index >= 15 is 0 Å². The monoisotopic (exact) mass is 305 g/mol. The van der Waals surface area contributed by atoms with Gasteiger partial charge in [-0.1, -0.05) is 23.7 Å². The van der Waals surface area contributed by atoms with Crippen molar-refractivity contribution in [1.82, 2.24) is 0 Å². The number of halogens is 1. The van der Waals surface area contributed by atoms with Gasteiger partial charge in [-0.25, -0.2) is 4.79 Å². The highest BCUT2D eigenvalue weighted by Crippen LogP contribution is 2.22. The second kappa shape index (κ2) is 6.50. The summed E-state index contributed by atoms with van der Waals surface area (Å²) in [6, 6.07) is 10.4. The molecule has 0 aromatic heterocycles. The Morgan fingerprint density at radius 2 is 2.00 bits per heavy atom. The molecule has 2 aromatic rings. The van der Waals surface area contributed by atoms with Gasteiger partial charge < -0.3 is 15.2 Å². The Balaban J connectivity index is 2.11. The van der Waals surface area contributed by atoms with Crippen LogP contribution in [-0.2, 0) is 11.3 Å². The molecule has 21 heavy (non-hydrogen) atoms. The molecule has 0 unspecified atom stereocenters. The molecule has 0 saturated carbocycles. The molecule has 0 atom stereocenters. The number of hydrogen-bond acceptors (Lipinski definition) is 4. The maximum atomic E-state index is 12.1. The highest BCUT2D eigenvalue weighted by Gasteiger charge is 2.13. The van der Waals surface area contributed by atoms with Gasteiger partial charge in [0.25, 0.3) is 0 Å². The number of hydrogen-bond donors (Lipinski definition) is 1. The SMILES string of the molecule is COc1ccc(N)c(C(=O)OCc2ccc(C)cc2Cl)c1.